The van der Waals surface area contributed by atoms with Crippen LogP contribution in [0, 0.1) is 0 Å². The van der Waals surface area contributed by atoms with Gasteiger partial charge in [0.05, 0.1) is 5.02 Å². The summed E-state index contributed by atoms with van der Waals surface area (Å²) in [6, 6.07) is 15.2. The summed E-state index contributed by atoms with van der Waals surface area (Å²) in [6.45, 7) is 2.65. The summed E-state index contributed by atoms with van der Waals surface area (Å²) in [5.41, 5.74) is 3.49. The fourth-order valence-electron chi connectivity index (χ4n) is 2.69. The Morgan fingerprint density at radius 1 is 1.09 bits per heavy atom. The van der Waals surface area contributed by atoms with E-state index < -0.39 is 0 Å². The Kier molecular flexibility index (Phi) is 5.53. The van der Waals surface area contributed by atoms with Crippen molar-refractivity contribution < 1.29 is 4.74 Å². The van der Waals surface area contributed by atoms with E-state index in [4.69, 9.17) is 16.3 Å². The van der Waals surface area contributed by atoms with Crippen LogP contribution in [0.2, 0.25) is 5.02 Å². The normalized spacial score (nSPS) is 15.9. The molecule has 0 amide bonds. The summed E-state index contributed by atoms with van der Waals surface area (Å²) in [4.78, 5) is 0. The van der Waals surface area contributed by atoms with E-state index in [2.05, 4.69) is 45.5 Å². The van der Waals surface area contributed by atoms with E-state index in [1.54, 1.807) is 0 Å². The van der Waals surface area contributed by atoms with Gasteiger partial charge in [-0.15, -0.1) is 0 Å². The maximum Gasteiger partial charge on any atom is 0.0626 e. The predicted octanol–water partition coefficient (Wildman–Crippen LogP) is 5.04. The number of benzene rings is 2. The van der Waals surface area contributed by atoms with Crippen molar-refractivity contribution in [2.24, 2.45) is 0 Å². The van der Waals surface area contributed by atoms with Crippen molar-refractivity contribution in [3.63, 3.8) is 0 Å². The van der Waals surface area contributed by atoms with Gasteiger partial charge in [0.2, 0.25) is 0 Å². The minimum atomic E-state index is 0.577. The zero-order valence-corrected chi connectivity index (χ0v) is 14.7. The van der Waals surface area contributed by atoms with E-state index in [1.807, 2.05) is 18.2 Å². The first kappa shape index (κ1) is 16.0. The number of halogens is 2. The number of ether oxygens (including phenoxy) is 1. The number of hydrogen-bond acceptors (Lipinski definition) is 2. The van der Waals surface area contributed by atoms with Crippen LogP contribution in [0.4, 0.5) is 0 Å². The van der Waals surface area contributed by atoms with Crippen molar-refractivity contribution in [3.05, 3.63) is 57.5 Å². The summed E-state index contributed by atoms with van der Waals surface area (Å²) in [5, 5.41) is 4.36. The molecule has 0 bridgehead atoms. The zero-order valence-electron chi connectivity index (χ0n) is 12.3. The van der Waals surface area contributed by atoms with E-state index in [9.17, 15) is 0 Å². The average Bonchev–Trinajstić information content (AvgIpc) is 2.57. The molecule has 0 radical (unpaired) electrons. The maximum absolute atomic E-state index is 6.36. The topological polar surface area (TPSA) is 21.3 Å². The lowest BCUT2D eigenvalue weighted by Crippen LogP contribution is -2.34. The van der Waals surface area contributed by atoms with E-state index >= 15 is 0 Å². The van der Waals surface area contributed by atoms with Crippen molar-refractivity contribution >= 4 is 27.5 Å². The van der Waals surface area contributed by atoms with Crippen LogP contribution in [0.15, 0.2) is 46.9 Å². The lowest BCUT2D eigenvalue weighted by Gasteiger charge is -2.23. The monoisotopic (exact) mass is 379 g/mol. The molecule has 0 saturated carbocycles. The van der Waals surface area contributed by atoms with Gasteiger partial charge < -0.3 is 10.1 Å². The second-order valence-electron chi connectivity index (χ2n) is 5.57. The van der Waals surface area contributed by atoms with Crippen molar-refractivity contribution in [1.29, 1.82) is 0 Å². The molecule has 4 heteroatoms. The molecule has 0 unspecified atom stereocenters. The lowest BCUT2D eigenvalue weighted by molar-refractivity contribution is 0.0776. The molecule has 1 aliphatic heterocycles. The maximum atomic E-state index is 6.36. The number of nitrogens with one attached hydrogen (secondary N) is 1. The SMILES string of the molecule is Clc1c(Br)cccc1-c1ccc(CNC2CCOCC2)cc1. The molecule has 2 aromatic rings. The number of rotatable bonds is 4. The molecule has 116 valence electrons. The van der Waals surface area contributed by atoms with E-state index in [1.165, 1.54) is 5.56 Å². The second-order valence-corrected chi connectivity index (χ2v) is 6.80. The molecular weight excluding hydrogens is 362 g/mol. The van der Waals surface area contributed by atoms with Gasteiger partial charge >= 0.3 is 0 Å². The first-order chi connectivity index (χ1) is 10.7. The number of hydrogen-bond donors (Lipinski definition) is 1. The molecule has 1 saturated heterocycles. The molecule has 0 atom stereocenters. The fraction of sp³-hybridized carbons (Fsp3) is 0.333. The zero-order chi connectivity index (χ0) is 15.4. The average molecular weight is 381 g/mol. The van der Waals surface area contributed by atoms with Gasteiger partial charge in [-0.3, -0.25) is 0 Å². The molecule has 1 N–H and O–H groups in total. The van der Waals surface area contributed by atoms with Crippen LogP contribution in [0.3, 0.4) is 0 Å². The highest BCUT2D eigenvalue weighted by molar-refractivity contribution is 9.10. The molecule has 0 aromatic heterocycles. The Balaban J connectivity index is 1.66. The van der Waals surface area contributed by atoms with E-state index in [0.717, 1.165) is 53.2 Å². The van der Waals surface area contributed by atoms with Gasteiger partial charge in [0.15, 0.2) is 0 Å². The molecule has 2 nitrogen and oxygen atoms in total. The third kappa shape index (κ3) is 3.90. The molecule has 22 heavy (non-hydrogen) atoms. The molecule has 0 aliphatic carbocycles. The van der Waals surface area contributed by atoms with Crippen LogP contribution < -0.4 is 5.32 Å². The van der Waals surface area contributed by atoms with E-state index in [-0.39, 0.29) is 0 Å². The van der Waals surface area contributed by atoms with Crippen LogP contribution >= 0.6 is 27.5 Å². The minimum Gasteiger partial charge on any atom is -0.381 e. The smallest absolute Gasteiger partial charge is 0.0626 e. The Morgan fingerprint density at radius 3 is 2.55 bits per heavy atom. The summed E-state index contributed by atoms with van der Waals surface area (Å²) in [7, 11) is 0. The van der Waals surface area contributed by atoms with Gasteiger partial charge in [-0.1, -0.05) is 48.0 Å². The van der Waals surface area contributed by atoms with Gasteiger partial charge in [0.25, 0.3) is 0 Å². The quantitative estimate of drug-likeness (QED) is 0.802. The standard InChI is InChI=1S/C18H19BrClNO/c19-17-3-1-2-16(18(17)20)14-6-4-13(5-7-14)12-21-15-8-10-22-11-9-15/h1-7,15,21H,8-12H2. The highest BCUT2D eigenvalue weighted by Gasteiger charge is 2.12. The highest BCUT2D eigenvalue weighted by atomic mass is 79.9. The van der Waals surface area contributed by atoms with Crippen LogP contribution in [-0.2, 0) is 11.3 Å². The van der Waals surface area contributed by atoms with Crippen molar-refractivity contribution in [2.45, 2.75) is 25.4 Å². The second kappa shape index (κ2) is 7.60. The first-order valence-electron chi connectivity index (χ1n) is 7.58. The first-order valence-corrected chi connectivity index (χ1v) is 8.75. The summed E-state index contributed by atoms with van der Waals surface area (Å²) in [6.07, 6.45) is 2.21. The van der Waals surface area contributed by atoms with Gasteiger partial charge in [-0.25, -0.2) is 0 Å². The molecule has 1 heterocycles. The summed E-state index contributed by atoms with van der Waals surface area (Å²) in [5.74, 6) is 0. The summed E-state index contributed by atoms with van der Waals surface area (Å²) < 4.78 is 6.31. The van der Waals surface area contributed by atoms with Crippen molar-refractivity contribution in [1.82, 2.24) is 5.32 Å². The Labute approximate surface area is 145 Å². The third-order valence-corrected chi connectivity index (χ3v) is 5.33. The van der Waals surface area contributed by atoms with Gasteiger partial charge in [-0.2, -0.15) is 0 Å². The molecule has 3 rings (SSSR count). The van der Waals surface area contributed by atoms with Gasteiger partial charge in [-0.05, 0) is 46.0 Å². The predicted molar refractivity (Wildman–Crippen MR) is 95.3 cm³/mol. The van der Waals surface area contributed by atoms with Gasteiger partial charge in [0.1, 0.15) is 0 Å². The molecule has 1 fully saturated rings. The molecule has 1 aliphatic rings. The van der Waals surface area contributed by atoms with Gasteiger partial charge in [0, 0.05) is 35.8 Å². The third-order valence-electron chi connectivity index (χ3n) is 4.03. The van der Waals surface area contributed by atoms with Crippen molar-refractivity contribution in [3.8, 4) is 11.1 Å². The minimum absolute atomic E-state index is 0.577. The van der Waals surface area contributed by atoms with Crippen molar-refractivity contribution in [2.75, 3.05) is 13.2 Å². The molecule has 2 aromatic carbocycles. The summed E-state index contributed by atoms with van der Waals surface area (Å²) >= 11 is 9.83. The van der Waals surface area contributed by atoms with E-state index in [0.29, 0.717) is 6.04 Å². The lowest BCUT2D eigenvalue weighted by atomic mass is 10.0. The Morgan fingerprint density at radius 2 is 1.82 bits per heavy atom. The largest absolute Gasteiger partial charge is 0.381 e. The Hall–Kier alpha value is -0.870. The van der Waals surface area contributed by atoms with Crippen LogP contribution in [0.1, 0.15) is 18.4 Å². The van der Waals surface area contributed by atoms with Crippen LogP contribution in [0.5, 0.6) is 0 Å². The van der Waals surface area contributed by atoms with Crippen LogP contribution in [0.25, 0.3) is 11.1 Å². The highest BCUT2D eigenvalue weighted by Crippen LogP contribution is 2.33. The molecular formula is C18H19BrClNO. The molecule has 0 spiro atoms. The fourth-order valence-corrected chi connectivity index (χ4v) is 3.29. The van der Waals surface area contributed by atoms with Crippen LogP contribution in [-0.4, -0.2) is 19.3 Å². The Bertz CT molecular complexity index is 623.